The van der Waals surface area contributed by atoms with Gasteiger partial charge in [0.05, 0.1) is 6.04 Å². The Hall–Kier alpha value is -0.650. The number of aryl methyl sites for hydroxylation is 1. The topological polar surface area (TPSA) is 54.2 Å². The predicted octanol–water partition coefficient (Wildman–Crippen LogP) is 1.94. The molecule has 0 aromatic carbocycles. The summed E-state index contributed by atoms with van der Waals surface area (Å²) in [5, 5.41) is 7.57. The molecule has 0 bridgehead atoms. The van der Waals surface area contributed by atoms with Gasteiger partial charge in [0.25, 0.3) is 0 Å². The summed E-state index contributed by atoms with van der Waals surface area (Å²) in [5.41, 5.74) is 0.404. The molecule has 2 aliphatic heterocycles. The highest BCUT2D eigenvalue weighted by Gasteiger charge is 2.36. The minimum absolute atomic E-state index is 0. The number of rotatable bonds is 3. The molecule has 0 spiro atoms. The molecule has 0 aliphatic carbocycles. The van der Waals surface area contributed by atoms with E-state index >= 15 is 0 Å². The standard InChI is InChI=1S/C13H22N4O.ClH/c1-10-15-12(16-18-10)11-4-3-7-17(11)9-13(2)5-6-14-8-13;/h11,14H,3-9H2,1-2H3;1H. The van der Waals surface area contributed by atoms with E-state index < -0.39 is 0 Å². The number of halogens is 1. The van der Waals surface area contributed by atoms with Crippen LogP contribution in [0.4, 0.5) is 0 Å². The average Bonchev–Trinajstić information content (AvgIpc) is 3.01. The van der Waals surface area contributed by atoms with Gasteiger partial charge in [0.2, 0.25) is 5.89 Å². The third-order valence-corrected chi connectivity index (χ3v) is 4.25. The van der Waals surface area contributed by atoms with Crippen molar-refractivity contribution < 1.29 is 4.52 Å². The zero-order chi connectivity index (χ0) is 12.6. The van der Waals surface area contributed by atoms with Crippen LogP contribution >= 0.6 is 12.4 Å². The third-order valence-electron chi connectivity index (χ3n) is 4.25. The summed E-state index contributed by atoms with van der Waals surface area (Å²) < 4.78 is 5.12. The van der Waals surface area contributed by atoms with E-state index in [0.717, 1.165) is 38.4 Å². The normalized spacial score (nSPS) is 31.6. The Morgan fingerprint density at radius 1 is 1.53 bits per heavy atom. The highest BCUT2D eigenvalue weighted by Crippen LogP contribution is 2.35. The van der Waals surface area contributed by atoms with Gasteiger partial charge in [0, 0.05) is 20.0 Å². The monoisotopic (exact) mass is 286 g/mol. The zero-order valence-corrected chi connectivity index (χ0v) is 12.5. The second kappa shape index (κ2) is 5.77. The van der Waals surface area contributed by atoms with Crippen molar-refractivity contribution in [2.75, 3.05) is 26.2 Å². The molecule has 2 saturated heterocycles. The van der Waals surface area contributed by atoms with Crippen molar-refractivity contribution in [2.24, 2.45) is 5.41 Å². The Morgan fingerprint density at radius 3 is 3.00 bits per heavy atom. The summed E-state index contributed by atoms with van der Waals surface area (Å²) in [5.74, 6) is 1.55. The molecule has 0 amide bonds. The lowest BCUT2D eigenvalue weighted by Gasteiger charge is -2.31. The highest BCUT2D eigenvalue weighted by atomic mass is 35.5. The molecular formula is C13H23ClN4O. The molecule has 2 fully saturated rings. The van der Waals surface area contributed by atoms with Gasteiger partial charge in [0.15, 0.2) is 5.82 Å². The molecule has 2 atom stereocenters. The number of nitrogens with one attached hydrogen (secondary N) is 1. The summed E-state index contributed by atoms with van der Waals surface area (Å²) >= 11 is 0. The van der Waals surface area contributed by atoms with Crippen LogP contribution in [0.15, 0.2) is 4.52 Å². The second-order valence-corrected chi connectivity index (χ2v) is 6.04. The van der Waals surface area contributed by atoms with E-state index in [1.807, 2.05) is 6.92 Å². The van der Waals surface area contributed by atoms with Crippen molar-refractivity contribution in [3.63, 3.8) is 0 Å². The van der Waals surface area contributed by atoms with Crippen molar-refractivity contribution in [3.05, 3.63) is 11.7 Å². The van der Waals surface area contributed by atoms with Crippen LogP contribution < -0.4 is 5.32 Å². The van der Waals surface area contributed by atoms with E-state index in [1.165, 1.54) is 12.8 Å². The second-order valence-electron chi connectivity index (χ2n) is 6.04. The fourth-order valence-corrected chi connectivity index (χ4v) is 3.25. The van der Waals surface area contributed by atoms with E-state index in [2.05, 4.69) is 27.3 Å². The number of hydrogen-bond donors (Lipinski definition) is 1. The fraction of sp³-hybridized carbons (Fsp3) is 0.846. The van der Waals surface area contributed by atoms with Crippen molar-refractivity contribution in [1.29, 1.82) is 0 Å². The molecule has 2 unspecified atom stereocenters. The van der Waals surface area contributed by atoms with Gasteiger partial charge in [-0.15, -0.1) is 12.4 Å². The molecule has 108 valence electrons. The van der Waals surface area contributed by atoms with Crippen LogP contribution in [0.5, 0.6) is 0 Å². The maximum absolute atomic E-state index is 5.12. The lowest BCUT2D eigenvalue weighted by molar-refractivity contribution is 0.159. The number of hydrogen-bond acceptors (Lipinski definition) is 5. The van der Waals surface area contributed by atoms with E-state index in [1.54, 1.807) is 0 Å². The molecule has 1 N–H and O–H groups in total. The Bertz CT molecular complexity index is 417. The van der Waals surface area contributed by atoms with Crippen LogP contribution in [0, 0.1) is 12.3 Å². The first kappa shape index (κ1) is 14.8. The van der Waals surface area contributed by atoms with Gasteiger partial charge in [-0.1, -0.05) is 12.1 Å². The van der Waals surface area contributed by atoms with Crippen LogP contribution in [0.1, 0.15) is 43.9 Å². The van der Waals surface area contributed by atoms with Crippen molar-refractivity contribution in [1.82, 2.24) is 20.4 Å². The Morgan fingerprint density at radius 2 is 2.37 bits per heavy atom. The van der Waals surface area contributed by atoms with E-state index in [0.29, 0.717) is 17.3 Å². The van der Waals surface area contributed by atoms with Crippen LogP contribution in [0.2, 0.25) is 0 Å². The lowest BCUT2D eigenvalue weighted by atomic mass is 9.89. The molecule has 3 heterocycles. The highest BCUT2D eigenvalue weighted by molar-refractivity contribution is 5.85. The maximum Gasteiger partial charge on any atom is 0.223 e. The first-order chi connectivity index (χ1) is 8.66. The minimum Gasteiger partial charge on any atom is -0.340 e. The Balaban J connectivity index is 0.00000133. The van der Waals surface area contributed by atoms with Gasteiger partial charge in [-0.05, 0) is 37.8 Å². The Labute approximate surface area is 120 Å². The van der Waals surface area contributed by atoms with Gasteiger partial charge >= 0.3 is 0 Å². The van der Waals surface area contributed by atoms with Crippen LogP contribution in [0.3, 0.4) is 0 Å². The predicted molar refractivity (Wildman–Crippen MR) is 75.4 cm³/mol. The van der Waals surface area contributed by atoms with Gasteiger partial charge < -0.3 is 9.84 Å². The Kier molecular flexibility index (Phi) is 4.48. The summed E-state index contributed by atoms with van der Waals surface area (Å²) in [6.07, 6.45) is 3.66. The molecule has 3 rings (SSSR count). The maximum atomic E-state index is 5.12. The third kappa shape index (κ3) is 3.09. The molecule has 1 aromatic rings. The van der Waals surface area contributed by atoms with Gasteiger partial charge in [-0.2, -0.15) is 4.98 Å². The van der Waals surface area contributed by atoms with Crippen molar-refractivity contribution in [3.8, 4) is 0 Å². The summed E-state index contributed by atoms with van der Waals surface area (Å²) in [7, 11) is 0. The van der Waals surface area contributed by atoms with E-state index in [9.17, 15) is 0 Å². The smallest absolute Gasteiger partial charge is 0.223 e. The first-order valence-electron chi connectivity index (χ1n) is 6.91. The molecule has 0 saturated carbocycles. The summed E-state index contributed by atoms with van der Waals surface area (Å²) in [4.78, 5) is 6.94. The van der Waals surface area contributed by atoms with Crippen LogP contribution in [-0.4, -0.2) is 41.2 Å². The molecule has 1 aromatic heterocycles. The minimum atomic E-state index is 0. The van der Waals surface area contributed by atoms with E-state index in [4.69, 9.17) is 4.52 Å². The fourth-order valence-electron chi connectivity index (χ4n) is 3.25. The van der Waals surface area contributed by atoms with Crippen molar-refractivity contribution in [2.45, 2.75) is 39.2 Å². The zero-order valence-electron chi connectivity index (χ0n) is 11.7. The molecule has 0 radical (unpaired) electrons. The number of aromatic nitrogens is 2. The van der Waals surface area contributed by atoms with Gasteiger partial charge in [0.1, 0.15) is 0 Å². The molecular weight excluding hydrogens is 264 g/mol. The molecule has 5 nitrogen and oxygen atoms in total. The average molecular weight is 287 g/mol. The SMILES string of the molecule is Cc1nc(C2CCCN2CC2(C)CCNC2)no1.Cl. The number of likely N-dealkylation sites (tertiary alicyclic amines) is 1. The van der Waals surface area contributed by atoms with Gasteiger partial charge in [-0.25, -0.2) is 0 Å². The summed E-state index contributed by atoms with van der Waals surface area (Å²) in [6.45, 7) is 8.81. The lowest BCUT2D eigenvalue weighted by Crippen LogP contribution is -2.37. The van der Waals surface area contributed by atoms with Crippen LogP contribution in [0.25, 0.3) is 0 Å². The molecule has 6 heteroatoms. The van der Waals surface area contributed by atoms with Crippen molar-refractivity contribution >= 4 is 12.4 Å². The quantitative estimate of drug-likeness (QED) is 0.920. The van der Waals surface area contributed by atoms with Crippen LogP contribution in [-0.2, 0) is 0 Å². The first-order valence-corrected chi connectivity index (χ1v) is 6.91. The largest absolute Gasteiger partial charge is 0.340 e. The van der Waals surface area contributed by atoms with Gasteiger partial charge in [-0.3, -0.25) is 4.90 Å². The number of nitrogens with zero attached hydrogens (tertiary/aromatic N) is 3. The molecule has 19 heavy (non-hydrogen) atoms. The summed E-state index contributed by atoms with van der Waals surface area (Å²) in [6, 6.07) is 0.361. The van der Waals surface area contributed by atoms with E-state index in [-0.39, 0.29) is 12.4 Å². The molecule has 2 aliphatic rings.